The molecule has 0 bridgehead atoms. The predicted octanol–water partition coefficient (Wildman–Crippen LogP) is 3.36. The summed E-state index contributed by atoms with van der Waals surface area (Å²) in [5, 5.41) is 4.39. The van der Waals surface area contributed by atoms with Crippen molar-refractivity contribution in [3.8, 4) is 0 Å². The van der Waals surface area contributed by atoms with E-state index in [1.165, 1.54) is 18.2 Å². The molecule has 1 atom stereocenters. The van der Waals surface area contributed by atoms with Gasteiger partial charge in [0, 0.05) is 24.6 Å². The highest BCUT2D eigenvalue weighted by atomic mass is 79.9. The van der Waals surface area contributed by atoms with E-state index >= 15 is 0 Å². The van der Waals surface area contributed by atoms with Crippen LogP contribution in [0.4, 0.5) is 8.78 Å². The summed E-state index contributed by atoms with van der Waals surface area (Å²) in [5.41, 5.74) is 7.97. The summed E-state index contributed by atoms with van der Waals surface area (Å²) in [4.78, 5) is 0. The second-order valence-electron chi connectivity index (χ2n) is 5.03. The third-order valence-corrected chi connectivity index (χ3v) is 4.47. The van der Waals surface area contributed by atoms with Crippen molar-refractivity contribution >= 4 is 15.9 Å². The zero-order valence-electron chi connectivity index (χ0n) is 12.0. The van der Waals surface area contributed by atoms with E-state index < -0.39 is 11.6 Å². The Labute approximate surface area is 131 Å². The second-order valence-corrected chi connectivity index (χ2v) is 5.82. The molecule has 1 heterocycles. The van der Waals surface area contributed by atoms with Crippen molar-refractivity contribution in [1.82, 2.24) is 9.78 Å². The van der Waals surface area contributed by atoms with E-state index in [2.05, 4.69) is 21.0 Å². The summed E-state index contributed by atoms with van der Waals surface area (Å²) >= 11 is 3.50. The average Bonchev–Trinajstić information content (AvgIpc) is 2.71. The molecule has 0 spiro atoms. The van der Waals surface area contributed by atoms with Crippen molar-refractivity contribution in [3.63, 3.8) is 0 Å². The quantitative estimate of drug-likeness (QED) is 0.891. The Balaban J connectivity index is 2.17. The van der Waals surface area contributed by atoms with Crippen molar-refractivity contribution < 1.29 is 8.78 Å². The molecule has 0 amide bonds. The van der Waals surface area contributed by atoms with Crippen LogP contribution in [0.15, 0.2) is 22.7 Å². The lowest BCUT2D eigenvalue weighted by Crippen LogP contribution is -2.28. The predicted molar refractivity (Wildman–Crippen MR) is 82.1 cm³/mol. The Morgan fingerprint density at radius 1 is 1.29 bits per heavy atom. The Hall–Kier alpha value is -1.27. The van der Waals surface area contributed by atoms with E-state index in [4.69, 9.17) is 5.73 Å². The number of nitrogens with two attached hydrogens (primary N) is 1. The highest BCUT2D eigenvalue weighted by Crippen LogP contribution is 2.23. The molecular formula is C15H18BrF2N3. The third kappa shape index (κ3) is 3.49. The lowest BCUT2D eigenvalue weighted by atomic mass is 10.0. The van der Waals surface area contributed by atoms with Crippen molar-refractivity contribution in [1.29, 1.82) is 0 Å². The van der Waals surface area contributed by atoms with Gasteiger partial charge in [0.15, 0.2) is 0 Å². The van der Waals surface area contributed by atoms with E-state index in [1.807, 2.05) is 18.5 Å². The topological polar surface area (TPSA) is 43.8 Å². The number of aryl methyl sites for hydroxylation is 2. The van der Waals surface area contributed by atoms with Gasteiger partial charge < -0.3 is 5.73 Å². The van der Waals surface area contributed by atoms with Crippen LogP contribution in [0, 0.1) is 18.6 Å². The Morgan fingerprint density at radius 3 is 2.48 bits per heavy atom. The van der Waals surface area contributed by atoms with Crippen LogP contribution in [0.5, 0.6) is 0 Å². The molecule has 0 saturated heterocycles. The van der Waals surface area contributed by atoms with Gasteiger partial charge in [-0.1, -0.05) is 6.07 Å². The minimum absolute atomic E-state index is 0.0420. The van der Waals surface area contributed by atoms with Crippen LogP contribution in [-0.2, 0) is 19.4 Å². The minimum atomic E-state index is -0.551. The fourth-order valence-electron chi connectivity index (χ4n) is 2.37. The molecule has 6 heteroatoms. The van der Waals surface area contributed by atoms with Crippen LogP contribution in [0.2, 0.25) is 0 Å². The number of hydrogen-bond donors (Lipinski definition) is 1. The van der Waals surface area contributed by atoms with Crippen LogP contribution in [0.1, 0.15) is 23.9 Å². The van der Waals surface area contributed by atoms with Crippen LogP contribution in [0.3, 0.4) is 0 Å². The normalized spacial score (nSPS) is 12.7. The fraction of sp³-hybridized carbons (Fsp3) is 0.400. The molecule has 2 aromatic rings. The van der Waals surface area contributed by atoms with Gasteiger partial charge in [-0.25, -0.2) is 8.78 Å². The van der Waals surface area contributed by atoms with E-state index in [9.17, 15) is 8.78 Å². The molecule has 114 valence electrons. The maximum atomic E-state index is 13.7. The maximum Gasteiger partial charge on any atom is 0.129 e. The van der Waals surface area contributed by atoms with Gasteiger partial charge in [0.05, 0.1) is 15.9 Å². The first kappa shape index (κ1) is 16.1. The first-order chi connectivity index (χ1) is 9.93. The zero-order valence-corrected chi connectivity index (χ0v) is 13.6. The SMILES string of the molecule is CCn1nc(C)c(Br)c1CC(N)Cc1c(F)cccc1F. The number of rotatable bonds is 5. The summed E-state index contributed by atoms with van der Waals surface area (Å²) in [7, 11) is 0. The molecule has 0 saturated carbocycles. The van der Waals surface area contributed by atoms with E-state index in [1.54, 1.807) is 0 Å². The van der Waals surface area contributed by atoms with Crippen LogP contribution >= 0.6 is 15.9 Å². The van der Waals surface area contributed by atoms with Crippen molar-refractivity contribution in [2.75, 3.05) is 0 Å². The summed E-state index contributed by atoms with van der Waals surface area (Å²) in [5.74, 6) is -1.10. The number of benzene rings is 1. The minimum Gasteiger partial charge on any atom is -0.327 e. The first-order valence-corrected chi connectivity index (χ1v) is 7.63. The molecule has 21 heavy (non-hydrogen) atoms. The van der Waals surface area contributed by atoms with Gasteiger partial charge in [-0.2, -0.15) is 5.10 Å². The number of halogens is 3. The van der Waals surface area contributed by atoms with Gasteiger partial charge in [0.1, 0.15) is 11.6 Å². The highest BCUT2D eigenvalue weighted by molar-refractivity contribution is 9.10. The van der Waals surface area contributed by atoms with E-state index in [0.29, 0.717) is 6.42 Å². The van der Waals surface area contributed by atoms with Crippen LogP contribution < -0.4 is 5.73 Å². The molecule has 0 aliphatic carbocycles. The molecule has 2 N–H and O–H groups in total. The summed E-state index contributed by atoms with van der Waals surface area (Å²) in [6, 6.07) is 3.48. The highest BCUT2D eigenvalue weighted by Gasteiger charge is 2.18. The first-order valence-electron chi connectivity index (χ1n) is 6.84. The van der Waals surface area contributed by atoms with Crippen molar-refractivity contribution in [2.45, 2.75) is 39.3 Å². The van der Waals surface area contributed by atoms with E-state index in [-0.39, 0.29) is 18.0 Å². The molecule has 0 aliphatic rings. The molecule has 2 rings (SSSR count). The Bertz CT molecular complexity index is 620. The molecule has 0 radical (unpaired) electrons. The molecular weight excluding hydrogens is 340 g/mol. The van der Waals surface area contributed by atoms with Gasteiger partial charge in [0.25, 0.3) is 0 Å². The van der Waals surface area contributed by atoms with Gasteiger partial charge in [0.2, 0.25) is 0 Å². The standard InChI is InChI=1S/C15H18BrF2N3/c1-3-21-14(15(16)9(2)20-21)8-10(19)7-11-12(17)5-4-6-13(11)18/h4-6,10H,3,7-8,19H2,1-2H3. The molecule has 1 aromatic carbocycles. The fourth-order valence-corrected chi connectivity index (χ4v) is 2.82. The Kier molecular flexibility index (Phi) is 5.11. The van der Waals surface area contributed by atoms with Crippen molar-refractivity contribution in [3.05, 3.63) is 51.3 Å². The number of hydrogen-bond acceptors (Lipinski definition) is 2. The van der Waals surface area contributed by atoms with Gasteiger partial charge in [-0.3, -0.25) is 4.68 Å². The Morgan fingerprint density at radius 2 is 1.90 bits per heavy atom. The number of aromatic nitrogens is 2. The largest absolute Gasteiger partial charge is 0.327 e. The second kappa shape index (κ2) is 6.66. The lowest BCUT2D eigenvalue weighted by molar-refractivity contribution is 0.523. The van der Waals surface area contributed by atoms with Crippen molar-refractivity contribution in [2.24, 2.45) is 5.73 Å². The summed E-state index contributed by atoms with van der Waals surface area (Å²) in [6.45, 7) is 4.62. The molecule has 0 fully saturated rings. The van der Waals surface area contributed by atoms with Gasteiger partial charge in [-0.05, 0) is 48.3 Å². The molecule has 1 unspecified atom stereocenters. The van der Waals surface area contributed by atoms with Crippen LogP contribution in [-0.4, -0.2) is 15.8 Å². The number of nitrogens with zero attached hydrogens (tertiary/aromatic N) is 2. The smallest absolute Gasteiger partial charge is 0.129 e. The molecule has 0 aliphatic heterocycles. The van der Waals surface area contributed by atoms with Gasteiger partial charge >= 0.3 is 0 Å². The zero-order chi connectivity index (χ0) is 15.6. The lowest BCUT2D eigenvalue weighted by Gasteiger charge is -2.14. The molecule has 3 nitrogen and oxygen atoms in total. The average molecular weight is 358 g/mol. The van der Waals surface area contributed by atoms with Crippen LogP contribution in [0.25, 0.3) is 0 Å². The third-order valence-electron chi connectivity index (χ3n) is 3.44. The van der Waals surface area contributed by atoms with Gasteiger partial charge in [-0.15, -0.1) is 0 Å². The molecule has 1 aromatic heterocycles. The monoisotopic (exact) mass is 357 g/mol. The summed E-state index contributed by atoms with van der Waals surface area (Å²) < 4.78 is 30.1. The maximum absolute atomic E-state index is 13.7. The van der Waals surface area contributed by atoms with E-state index in [0.717, 1.165) is 22.4 Å². The summed E-state index contributed by atoms with van der Waals surface area (Å²) in [6.07, 6.45) is 0.655.